The largest absolute Gasteiger partial charge is 0.390 e. The van der Waals surface area contributed by atoms with Gasteiger partial charge in [-0.1, -0.05) is 49.6 Å². The maximum absolute atomic E-state index is 10.4. The predicted octanol–water partition coefficient (Wildman–Crippen LogP) is 3.20. The van der Waals surface area contributed by atoms with Gasteiger partial charge in [-0.15, -0.1) is 0 Å². The van der Waals surface area contributed by atoms with E-state index in [1.807, 2.05) is 30.3 Å². The van der Waals surface area contributed by atoms with Crippen LogP contribution in [0.25, 0.3) is 0 Å². The summed E-state index contributed by atoms with van der Waals surface area (Å²) >= 11 is 0. The van der Waals surface area contributed by atoms with Crippen molar-refractivity contribution < 1.29 is 10.2 Å². The van der Waals surface area contributed by atoms with E-state index in [1.54, 1.807) is 0 Å². The van der Waals surface area contributed by atoms with Crippen LogP contribution in [0.5, 0.6) is 0 Å². The van der Waals surface area contributed by atoms with Gasteiger partial charge in [0.05, 0.1) is 11.7 Å². The molecule has 1 fully saturated rings. The first kappa shape index (κ1) is 12.6. The number of benzene rings is 1. The molecule has 94 valence electrons. The quantitative estimate of drug-likeness (QED) is 0.840. The third kappa shape index (κ3) is 3.55. The van der Waals surface area contributed by atoms with E-state index in [9.17, 15) is 10.2 Å². The fourth-order valence-corrected chi connectivity index (χ4v) is 2.71. The van der Waals surface area contributed by atoms with Crippen molar-refractivity contribution in [2.45, 2.75) is 56.7 Å². The van der Waals surface area contributed by atoms with E-state index in [4.69, 9.17) is 0 Å². The van der Waals surface area contributed by atoms with E-state index >= 15 is 0 Å². The highest BCUT2D eigenvalue weighted by Gasteiger charge is 2.29. The number of aliphatic hydroxyl groups excluding tert-OH is 1. The van der Waals surface area contributed by atoms with E-state index < -0.39 is 11.7 Å². The minimum atomic E-state index is -0.520. The van der Waals surface area contributed by atoms with Gasteiger partial charge >= 0.3 is 0 Å². The topological polar surface area (TPSA) is 40.5 Å². The number of aliphatic hydroxyl groups is 2. The van der Waals surface area contributed by atoms with Crippen molar-refractivity contribution in [2.24, 2.45) is 0 Å². The second kappa shape index (κ2) is 5.65. The molecule has 1 aliphatic carbocycles. The summed E-state index contributed by atoms with van der Waals surface area (Å²) in [5.74, 6) is 0. The third-order valence-corrected chi connectivity index (χ3v) is 3.85. The SMILES string of the molecule is OC(CCC1(O)CCCCC1)c1ccccc1. The first-order chi connectivity index (χ1) is 8.20. The number of hydrogen-bond acceptors (Lipinski definition) is 2. The molecule has 2 heteroatoms. The fourth-order valence-electron chi connectivity index (χ4n) is 2.71. The van der Waals surface area contributed by atoms with E-state index in [-0.39, 0.29) is 0 Å². The van der Waals surface area contributed by atoms with Crippen molar-refractivity contribution in [3.8, 4) is 0 Å². The first-order valence-electron chi connectivity index (χ1n) is 6.65. The van der Waals surface area contributed by atoms with Crippen LogP contribution in [0.15, 0.2) is 30.3 Å². The second-order valence-electron chi connectivity index (χ2n) is 5.25. The van der Waals surface area contributed by atoms with Crippen LogP contribution in [0.3, 0.4) is 0 Å². The minimum absolute atomic E-state index is 0.442. The molecule has 1 atom stereocenters. The maximum atomic E-state index is 10.4. The molecule has 0 heterocycles. The smallest absolute Gasteiger partial charge is 0.0791 e. The summed E-state index contributed by atoms with van der Waals surface area (Å²) in [6, 6.07) is 9.71. The van der Waals surface area contributed by atoms with Gasteiger partial charge in [0.25, 0.3) is 0 Å². The molecule has 0 aliphatic heterocycles. The van der Waals surface area contributed by atoms with Gasteiger partial charge in [0.1, 0.15) is 0 Å². The van der Waals surface area contributed by atoms with Crippen molar-refractivity contribution in [1.82, 2.24) is 0 Å². The lowest BCUT2D eigenvalue weighted by atomic mass is 9.81. The molecule has 1 aromatic carbocycles. The third-order valence-electron chi connectivity index (χ3n) is 3.85. The molecule has 2 rings (SSSR count). The maximum Gasteiger partial charge on any atom is 0.0791 e. The minimum Gasteiger partial charge on any atom is -0.390 e. The van der Waals surface area contributed by atoms with Crippen molar-refractivity contribution in [1.29, 1.82) is 0 Å². The lowest BCUT2D eigenvalue weighted by molar-refractivity contribution is -0.0157. The Morgan fingerprint density at radius 2 is 1.71 bits per heavy atom. The van der Waals surface area contributed by atoms with E-state index in [2.05, 4.69) is 0 Å². The normalized spacial score (nSPS) is 21.1. The summed E-state index contributed by atoms with van der Waals surface area (Å²) in [4.78, 5) is 0. The predicted molar refractivity (Wildman–Crippen MR) is 68.7 cm³/mol. The van der Waals surface area contributed by atoms with Gasteiger partial charge in [0.2, 0.25) is 0 Å². The monoisotopic (exact) mass is 234 g/mol. The molecule has 0 bridgehead atoms. The van der Waals surface area contributed by atoms with Gasteiger partial charge in [-0.25, -0.2) is 0 Å². The Morgan fingerprint density at radius 1 is 1.06 bits per heavy atom. The zero-order valence-corrected chi connectivity index (χ0v) is 10.3. The average Bonchev–Trinajstić information content (AvgIpc) is 2.38. The van der Waals surface area contributed by atoms with Crippen LogP contribution >= 0.6 is 0 Å². The van der Waals surface area contributed by atoms with E-state index in [0.29, 0.717) is 12.8 Å². The zero-order chi connectivity index (χ0) is 12.1. The Hall–Kier alpha value is -0.860. The Balaban J connectivity index is 1.85. The van der Waals surface area contributed by atoms with Crippen LogP contribution in [0, 0.1) is 0 Å². The molecule has 0 radical (unpaired) electrons. The zero-order valence-electron chi connectivity index (χ0n) is 10.3. The molecule has 0 saturated heterocycles. The molecule has 2 N–H and O–H groups in total. The highest BCUT2D eigenvalue weighted by Crippen LogP contribution is 2.33. The molecular weight excluding hydrogens is 212 g/mol. The molecular formula is C15H22O2. The molecule has 2 nitrogen and oxygen atoms in total. The van der Waals surface area contributed by atoms with Crippen LogP contribution in [0.4, 0.5) is 0 Å². The second-order valence-corrected chi connectivity index (χ2v) is 5.25. The summed E-state index contributed by atoms with van der Waals surface area (Å²) in [5.41, 5.74) is 0.431. The van der Waals surface area contributed by atoms with Gasteiger partial charge in [0.15, 0.2) is 0 Å². The molecule has 1 aliphatic rings. The lowest BCUT2D eigenvalue weighted by Gasteiger charge is -2.32. The van der Waals surface area contributed by atoms with E-state index in [0.717, 1.165) is 31.2 Å². The molecule has 0 aromatic heterocycles. The molecule has 1 aromatic rings. The summed E-state index contributed by atoms with van der Waals surface area (Å²) in [5, 5.41) is 20.4. The number of hydrogen-bond donors (Lipinski definition) is 2. The Morgan fingerprint density at radius 3 is 2.35 bits per heavy atom. The molecule has 1 unspecified atom stereocenters. The van der Waals surface area contributed by atoms with Crippen LogP contribution in [0.2, 0.25) is 0 Å². The number of rotatable bonds is 4. The van der Waals surface area contributed by atoms with Crippen molar-refractivity contribution >= 4 is 0 Å². The highest BCUT2D eigenvalue weighted by atomic mass is 16.3. The molecule has 17 heavy (non-hydrogen) atoms. The fraction of sp³-hybridized carbons (Fsp3) is 0.600. The first-order valence-corrected chi connectivity index (χ1v) is 6.65. The Kier molecular flexibility index (Phi) is 4.19. The summed E-state index contributed by atoms with van der Waals surface area (Å²) in [6.45, 7) is 0. The van der Waals surface area contributed by atoms with Gasteiger partial charge in [0, 0.05) is 0 Å². The summed E-state index contributed by atoms with van der Waals surface area (Å²) in [7, 11) is 0. The van der Waals surface area contributed by atoms with Gasteiger partial charge in [-0.05, 0) is 31.2 Å². The Labute approximate surface area is 103 Å². The van der Waals surface area contributed by atoms with Crippen molar-refractivity contribution in [3.63, 3.8) is 0 Å². The Bertz CT molecular complexity index is 328. The standard InChI is InChI=1S/C15H22O2/c16-14(13-7-3-1-4-8-13)9-12-15(17)10-5-2-6-11-15/h1,3-4,7-8,14,16-17H,2,5-6,9-12H2. The van der Waals surface area contributed by atoms with Gasteiger partial charge < -0.3 is 10.2 Å². The molecule has 1 saturated carbocycles. The van der Waals surface area contributed by atoms with Crippen molar-refractivity contribution in [2.75, 3.05) is 0 Å². The van der Waals surface area contributed by atoms with Gasteiger partial charge in [-0.3, -0.25) is 0 Å². The van der Waals surface area contributed by atoms with E-state index in [1.165, 1.54) is 6.42 Å². The average molecular weight is 234 g/mol. The van der Waals surface area contributed by atoms with Gasteiger partial charge in [-0.2, -0.15) is 0 Å². The summed E-state index contributed by atoms with van der Waals surface area (Å²) in [6.07, 6.45) is 6.20. The molecule has 0 amide bonds. The van der Waals surface area contributed by atoms with Crippen LogP contribution in [-0.2, 0) is 0 Å². The molecule has 0 spiro atoms. The van der Waals surface area contributed by atoms with Crippen LogP contribution < -0.4 is 0 Å². The lowest BCUT2D eigenvalue weighted by Crippen LogP contribution is -2.31. The van der Waals surface area contributed by atoms with Crippen LogP contribution in [0.1, 0.15) is 56.6 Å². The summed E-state index contributed by atoms with van der Waals surface area (Å²) < 4.78 is 0. The highest BCUT2D eigenvalue weighted by molar-refractivity contribution is 5.17. The van der Waals surface area contributed by atoms with Crippen LogP contribution in [-0.4, -0.2) is 15.8 Å². The van der Waals surface area contributed by atoms with Crippen molar-refractivity contribution in [3.05, 3.63) is 35.9 Å².